The van der Waals surface area contributed by atoms with Gasteiger partial charge < -0.3 is 10.0 Å². The Morgan fingerprint density at radius 1 is 1.11 bits per heavy atom. The average Bonchev–Trinajstić information content (AvgIpc) is 3.01. The number of anilines is 1. The lowest BCUT2D eigenvalue weighted by Crippen LogP contribution is -2.47. The first kappa shape index (κ1) is 18.7. The molecule has 2 atom stereocenters. The van der Waals surface area contributed by atoms with Gasteiger partial charge in [0.05, 0.1) is 11.8 Å². The fraction of sp³-hybridized carbons (Fsp3) is 0.263. The molecule has 2 aromatic carbocycles. The van der Waals surface area contributed by atoms with Crippen LogP contribution in [0.5, 0.6) is 0 Å². The van der Waals surface area contributed by atoms with Crippen molar-refractivity contribution < 1.29 is 14.7 Å². The molecular formula is C19H15BrCl2N2O3. The van der Waals surface area contributed by atoms with Crippen LogP contribution in [-0.4, -0.2) is 40.1 Å². The maximum atomic E-state index is 13.4. The van der Waals surface area contributed by atoms with Crippen molar-refractivity contribution in [2.24, 2.45) is 0 Å². The Morgan fingerprint density at radius 2 is 1.74 bits per heavy atom. The van der Waals surface area contributed by atoms with Gasteiger partial charge in [-0.15, -0.1) is 0 Å². The van der Waals surface area contributed by atoms with Gasteiger partial charge in [0.1, 0.15) is 5.54 Å². The normalized spacial score (nSPS) is 24.7. The number of hydrogen-bond donors (Lipinski definition) is 1. The summed E-state index contributed by atoms with van der Waals surface area (Å²) in [5.74, 6) is -0.370. The van der Waals surface area contributed by atoms with E-state index in [1.165, 1.54) is 17.0 Å². The summed E-state index contributed by atoms with van der Waals surface area (Å²) in [6.07, 6.45) is -0.219. The van der Waals surface area contributed by atoms with E-state index in [9.17, 15) is 14.7 Å². The van der Waals surface area contributed by atoms with Gasteiger partial charge in [0.25, 0.3) is 5.91 Å². The van der Waals surface area contributed by atoms with E-state index in [-0.39, 0.29) is 18.9 Å². The highest BCUT2D eigenvalue weighted by atomic mass is 79.9. The van der Waals surface area contributed by atoms with Crippen molar-refractivity contribution in [3.63, 3.8) is 0 Å². The van der Waals surface area contributed by atoms with Gasteiger partial charge in [-0.1, -0.05) is 51.3 Å². The number of imide groups is 1. The molecule has 2 aliphatic rings. The predicted molar refractivity (Wildman–Crippen MR) is 107 cm³/mol. The maximum Gasteiger partial charge on any atom is 0.332 e. The zero-order valence-corrected chi connectivity index (χ0v) is 17.1. The van der Waals surface area contributed by atoms with Gasteiger partial charge in [-0.2, -0.15) is 0 Å². The SMILES string of the molecule is O=C1N(c2cc(Cl)cc(Cl)c2)C(=O)C2(Cc3ccc(Br)cc3)CC(O)CN12. The highest BCUT2D eigenvalue weighted by Crippen LogP contribution is 2.43. The Balaban J connectivity index is 1.76. The second kappa shape index (κ2) is 6.78. The molecule has 5 nitrogen and oxygen atoms in total. The smallest absolute Gasteiger partial charge is 0.332 e. The van der Waals surface area contributed by atoms with Gasteiger partial charge in [-0.25, -0.2) is 9.69 Å². The molecule has 2 aromatic rings. The fourth-order valence-corrected chi connectivity index (χ4v) is 4.69. The number of carbonyl (C=O) groups excluding carboxylic acids is 2. The largest absolute Gasteiger partial charge is 0.391 e. The number of halogens is 3. The standard InChI is InChI=1S/C19H15BrCl2N2O3/c20-12-3-1-11(2-4-12)8-19-9-16(25)10-23(19)18(27)24(17(19)26)15-6-13(21)5-14(22)7-15/h1-7,16,25H,8-10H2. The van der Waals surface area contributed by atoms with Crippen LogP contribution in [0.2, 0.25) is 10.0 Å². The summed E-state index contributed by atoms with van der Waals surface area (Å²) in [6.45, 7) is 0.117. The highest BCUT2D eigenvalue weighted by Gasteiger charge is 2.62. The predicted octanol–water partition coefficient (Wildman–Crippen LogP) is 4.27. The molecule has 2 unspecified atom stereocenters. The summed E-state index contributed by atoms with van der Waals surface area (Å²) >= 11 is 15.5. The van der Waals surface area contributed by atoms with E-state index in [2.05, 4.69) is 15.9 Å². The van der Waals surface area contributed by atoms with E-state index in [1.54, 1.807) is 6.07 Å². The van der Waals surface area contributed by atoms with Crippen molar-refractivity contribution in [3.8, 4) is 0 Å². The second-order valence-corrected chi connectivity index (χ2v) is 8.64. The first-order valence-corrected chi connectivity index (χ1v) is 9.90. The van der Waals surface area contributed by atoms with Crippen LogP contribution in [0.1, 0.15) is 12.0 Å². The first-order chi connectivity index (χ1) is 12.8. The molecule has 2 fully saturated rings. The number of fused-ring (bicyclic) bond motifs is 1. The van der Waals surface area contributed by atoms with E-state index in [0.29, 0.717) is 22.2 Å². The Bertz CT molecular complexity index is 917. The number of benzene rings is 2. The summed E-state index contributed by atoms with van der Waals surface area (Å²) in [4.78, 5) is 29.0. The van der Waals surface area contributed by atoms with Crippen LogP contribution in [0.25, 0.3) is 0 Å². The molecule has 0 bridgehead atoms. The molecule has 0 saturated carbocycles. The van der Waals surface area contributed by atoms with Crippen LogP contribution in [0.3, 0.4) is 0 Å². The molecule has 1 N–H and O–H groups in total. The molecule has 0 aromatic heterocycles. The van der Waals surface area contributed by atoms with Crippen molar-refractivity contribution in [1.82, 2.24) is 4.90 Å². The number of hydrogen-bond acceptors (Lipinski definition) is 3. The molecule has 0 spiro atoms. The third-order valence-electron chi connectivity index (χ3n) is 5.02. The summed E-state index contributed by atoms with van der Waals surface area (Å²) in [6, 6.07) is 11.7. The number of β-amino-alcohol motifs (C(OH)–C–C–N with tert-alkyl or cyclic N) is 1. The third-order valence-corrected chi connectivity index (χ3v) is 5.99. The number of carbonyl (C=O) groups is 2. The molecule has 0 radical (unpaired) electrons. The Morgan fingerprint density at radius 3 is 2.37 bits per heavy atom. The van der Waals surface area contributed by atoms with Crippen molar-refractivity contribution in [3.05, 3.63) is 62.5 Å². The van der Waals surface area contributed by atoms with Gasteiger partial charge in [0.2, 0.25) is 0 Å². The van der Waals surface area contributed by atoms with Gasteiger partial charge >= 0.3 is 6.03 Å². The van der Waals surface area contributed by atoms with Crippen LogP contribution in [0.4, 0.5) is 10.5 Å². The van der Waals surface area contributed by atoms with E-state index in [4.69, 9.17) is 23.2 Å². The zero-order valence-electron chi connectivity index (χ0n) is 14.0. The minimum atomic E-state index is -1.11. The van der Waals surface area contributed by atoms with Gasteiger partial charge in [-0.05, 0) is 35.9 Å². The number of rotatable bonds is 3. The number of urea groups is 1. The Kier molecular flexibility index (Phi) is 4.71. The monoisotopic (exact) mass is 468 g/mol. The fourth-order valence-electron chi connectivity index (χ4n) is 3.91. The molecule has 27 heavy (non-hydrogen) atoms. The Labute approximate surface area is 174 Å². The second-order valence-electron chi connectivity index (χ2n) is 6.85. The third kappa shape index (κ3) is 3.14. The maximum absolute atomic E-state index is 13.4. The summed E-state index contributed by atoms with van der Waals surface area (Å²) in [5.41, 5.74) is 0.130. The number of aliphatic hydroxyl groups is 1. The quantitative estimate of drug-likeness (QED) is 0.682. The highest BCUT2D eigenvalue weighted by molar-refractivity contribution is 9.10. The van der Waals surface area contributed by atoms with Crippen LogP contribution in [-0.2, 0) is 11.2 Å². The summed E-state index contributed by atoms with van der Waals surface area (Å²) in [7, 11) is 0. The van der Waals surface area contributed by atoms with Crippen molar-refractivity contribution >= 4 is 56.8 Å². The molecule has 4 rings (SSSR count). The van der Waals surface area contributed by atoms with Gasteiger partial charge in [0, 0.05) is 33.9 Å². The minimum absolute atomic E-state index is 0.117. The van der Waals surface area contributed by atoms with Gasteiger partial charge in [-0.3, -0.25) is 4.79 Å². The lowest BCUT2D eigenvalue weighted by molar-refractivity contribution is -0.124. The summed E-state index contributed by atoms with van der Waals surface area (Å²) in [5, 5.41) is 10.9. The lowest BCUT2D eigenvalue weighted by atomic mass is 9.87. The molecule has 8 heteroatoms. The number of aliphatic hydroxyl groups excluding tert-OH is 1. The molecule has 3 amide bonds. The minimum Gasteiger partial charge on any atom is -0.391 e. The van der Waals surface area contributed by atoms with E-state index in [1.807, 2.05) is 24.3 Å². The number of nitrogens with zero attached hydrogens (tertiary/aromatic N) is 2. The molecule has 140 valence electrons. The van der Waals surface area contributed by atoms with E-state index in [0.717, 1.165) is 14.9 Å². The Hall–Kier alpha value is -1.60. The lowest BCUT2D eigenvalue weighted by Gasteiger charge is -2.28. The average molecular weight is 470 g/mol. The zero-order chi connectivity index (χ0) is 19.3. The van der Waals surface area contributed by atoms with E-state index >= 15 is 0 Å². The number of amides is 3. The van der Waals surface area contributed by atoms with Crippen molar-refractivity contribution in [1.29, 1.82) is 0 Å². The summed E-state index contributed by atoms with van der Waals surface area (Å²) < 4.78 is 0.927. The van der Waals surface area contributed by atoms with Crippen LogP contribution >= 0.6 is 39.1 Å². The van der Waals surface area contributed by atoms with Crippen molar-refractivity contribution in [2.45, 2.75) is 24.5 Å². The molecule has 2 aliphatic heterocycles. The molecular weight excluding hydrogens is 455 g/mol. The molecule has 2 saturated heterocycles. The van der Waals surface area contributed by atoms with Crippen LogP contribution in [0.15, 0.2) is 46.9 Å². The molecule has 2 heterocycles. The van der Waals surface area contributed by atoms with E-state index < -0.39 is 17.7 Å². The van der Waals surface area contributed by atoms with Crippen molar-refractivity contribution in [2.75, 3.05) is 11.4 Å². The van der Waals surface area contributed by atoms with Gasteiger partial charge in [0.15, 0.2) is 0 Å². The van der Waals surface area contributed by atoms with Crippen LogP contribution in [0, 0.1) is 0 Å². The molecule has 0 aliphatic carbocycles. The first-order valence-electron chi connectivity index (χ1n) is 8.35. The van der Waals surface area contributed by atoms with Crippen LogP contribution < -0.4 is 4.90 Å². The topological polar surface area (TPSA) is 60.9 Å².